The molecule has 1 atom stereocenters. The fraction of sp³-hybridized carbons (Fsp3) is 0.167. The molecule has 0 heterocycles. The van der Waals surface area contributed by atoms with Gasteiger partial charge < -0.3 is 14.6 Å². The van der Waals surface area contributed by atoms with E-state index in [0.717, 1.165) is 11.6 Å². The SMILES string of the molecule is CC(COC(=O)c1c(Cl)c(Cl)cc(Cl)c1OC(=O)C(=O)O)c1ccccc1. The van der Waals surface area contributed by atoms with Gasteiger partial charge in [0.15, 0.2) is 5.75 Å². The highest BCUT2D eigenvalue weighted by Crippen LogP contribution is 2.40. The first-order chi connectivity index (χ1) is 12.7. The van der Waals surface area contributed by atoms with Crippen molar-refractivity contribution in [2.45, 2.75) is 12.8 Å². The van der Waals surface area contributed by atoms with Crippen LogP contribution in [0.15, 0.2) is 36.4 Å². The number of carbonyl (C=O) groups excluding carboxylic acids is 2. The van der Waals surface area contributed by atoms with Crippen molar-refractivity contribution in [2.24, 2.45) is 0 Å². The molecule has 9 heteroatoms. The maximum absolute atomic E-state index is 12.5. The summed E-state index contributed by atoms with van der Waals surface area (Å²) in [6.45, 7) is 1.84. The van der Waals surface area contributed by atoms with Gasteiger partial charge in [-0.2, -0.15) is 0 Å². The topological polar surface area (TPSA) is 89.9 Å². The van der Waals surface area contributed by atoms with Crippen molar-refractivity contribution in [3.63, 3.8) is 0 Å². The second-order valence-corrected chi connectivity index (χ2v) is 6.66. The first-order valence-electron chi connectivity index (χ1n) is 7.57. The fourth-order valence-electron chi connectivity index (χ4n) is 2.15. The Bertz CT molecular complexity index is 882. The maximum atomic E-state index is 12.5. The average Bonchev–Trinajstić information content (AvgIpc) is 2.64. The number of hydrogen-bond donors (Lipinski definition) is 1. The van der Waals surface area contributed by atoms with Crippen LogP contribution < -0.4 is 4.74 Å². The zero-order valence-electron chi connectivity index (χ0n) is 13.9. The van der Waals surface area contributed by atoms with Crippen molar-refractivity contribution in [3.05, 3.63) is 62.6 Å². The largest absolute Gasteiger partial charge is 0.473 e. The van der Waals surface area contributed by atoms with Gasteiger partial charge in [0.1, 0.15) is 5.56 Å². The molecule has 142 valence electrons. The summed E-state index contributed by atoms with van der Waals surface area (Å²) in [5, 5.41) is 8.08. The molecule has 2 aromatic carbocycles. The molecule has 0 saturated heterocycles. The van der Waals surface area contributed by atoms with Crippen molar-refractivity contribution in [1.29, 1.82) is 0 Å². The Hall–Kier alpha value is -2.28. The van der Waals surface area contributed by atoms with E-state index in [1.807, 2.05) is 37.3 Å². The number of halogens is 3. The molecule has 2 rings (SSSR count). The van der Waals surface area contributed by atoms with Crippen LogP contribution in [-0.4, -0.2) is 29.6 Å². The Morgan fingerprint density at radius 3 is 2.30 bits per heavy atom. The highest BCUT2D eigenvalue weighted by atomic mass is 35.5. The summed E-state index contributed by atoms with van der Waals surface area (Å²) in [7, 11) is 0. The molecule has 0 radical (unpaired) electrons. The standard InChI is InChI=1S/C18H13Cl3O6/c1-9(10-5-3-2-4-6-10)8-26-17(24)13-14(21)11(19)7-12(20)15(13)27-18(25)16(22)23/h2-7,9H,8H2,1H3,(H,22,23). The van der Waals surface area contributed by atoms with Gasteiger partial charge in [-0.25, -0.2) is 14.4 Å². The number of benzene rings is 2. The minimum Gasteiger partial charge on any atom is -0.473 e. The number of carbonyl (C=O) groups is 3. The van der Waals surface area contributed by atoms with Gasteiger partial charge in [-0.05, 0) is 11.6 Å². The maximum Gasteiger partial charge on any atom is 0.422 e. The van der Waals surface area contributed by atoms with Gasteiger partial charge in [-0.15, -0.1) is 0 Å². The van der Waals surface area contributed by atoms with Crippen LogP contribution in [0.2, 0.25) is 15.1 Å². The van der Waals surface area contributed by atoms with E-state index in [1.165, 1.54) is 0 Å². The van der Waals surface area contributed by atoms with Gasteiger partial charge in [0.25, 0.3) is 0 Å². The first-order valence-corrected chi connectivity index (χ1v) is 8.70. The lowest BCUT2D eigenvalue weighted by Crippen LogP contribution is -2.21. The molecule has 0 aromatic heterocycles. The molecule has 0 aliphatic heterocycles. The molecule has 6 nitrogen and oxygen atoms in total. The van der Waals surface area contributed by atoms with Crippen molar-refractivity contribution >= 4 is 52.7 Å². The van der Waals surface area contributed by atoms with Crippen LogP contribution in [0.5, 0.6) is 5.75 Å². The molecule has 0 aliphatic carbocycles. The van der Waals surface area contributed by atoms with Crippen LogP contribution in [0.1, 0.15) is 28.8 Å². The molecule has 0 amide bonds. The molecule has 1 N–H and O–H groups in total. The lowest BCUT2D eigenvalue weighted by molar-refractivity contribution is -0.158. The highest BCUT2D eigenvalue weighted by Gasteiger charge is 2.28. The second kappa shape index (κ2) is 9.08. The number of esters is 2. The molecular weight excluding hydrogens is 419 g/mol. The Morgan fingerprint density at radius 1 is 1.07 bits per heavy atom. The number of ether oxygens (including phenoxy) is 2. The molecule has 27 heavy (non-hydrogen) atoms. The number of rotatable bonds is 5. The smallest absolute Gasteiger partial charge is 0.422 e. The van der Waals surface area contributed by atoms with Crippen molar-refractivity contribution in [3.8, 4) is 5.75 Å². The number of aliphatic carboxylic acids is 1. The van der Waals surface area contributed by atoms with E-state index in [2.05, 4.69) is 4.74 Å². The number of carboxylic acids is 1. The predicted molar refractivity (Wildman–Crippen MR) is 99.9 cm³/mol. The summed E-state index contributed by atoms with van der Waals surface area (Å²) in [5.41, 5.74) is 0.516. The summed E-state index contributed by atoms with van der Waals surface area (Å²) in [4.78, 5) is 34.6. The zero-order valence-corrected chi connectivity index (χ0v) is 16.1. The predicted octanol–water partition coefficient (Wildman–Crippen LogP) is 4.60. The van der Waals surface area contributed by atoms with Gasteiger partial charge in [-0.1, -0.05) is 72.1 Å². The molecule has 1 unspecified atom stereocenters. The Morgan fingerprint density at radius 2 is 1.70 bits per heavy atom. The minimum atomic E-state index is -1.87. The normalized spacial score (nSPS) is 11.6. The molecular formula is C18H13Cl3O6. The Balaban J connectivity index is 2.28. The summed E-state index contributed by atoms with van der Waals surface area (Å²) in [5.74, 6) is -5.12. The van der Waals surface area contributed by atoms with E-state index in [9.17, 15) is 14.4 Å². The molecule has 0 aliphatic rings. The van der Waals surface area contributed by atoms with Crippen molar-refractivity contribution < 1.29 is 29.0 Å². The fourth-order valence-corrected chi connectivity index (χ4v) is 2.87. The number of carboxylic acid groups (broad SMARTS) is 1. The van der Waals surface area contributed by atoms with E-state index in [-0.39, 0.29) is 27.6 Å². The van der Waals surface area contributed by atoms with E-state index in [1.54, 1.807) is 0 Å². The third-order valence-electron chi connectivity index (χ3n) is 3.53. The van der Waals surface area contributed by atoms with Crippen LogP contribution in [0.25, 0.3) is 0 Å². The first kappa shape index (κ1) is 21.0. The monoisotopic (exact) mass is 430 g/mol. The zero-order chi connectivity index (χ0) is 20.1. The molecule has 0 saturated carbocycles. The second-order valence-electron chi connectivity index (χ2n) is 5.46. The third kappa shape index (κ3) is 5.13. The highest BCUT2D eigenvalue weighted by molar-refractivity contribution is 6.46. The van der Waals surface area contributed by atoms with E-state index in [4.69, 9.17) is 44.6 Å². The lowest BCUT2D eigenvalue weighted by atomic mass is 10.0. The van der Waals surface area contributed by atoms with Gasteiger partial charge in [-0.3, -0.25) is 0 Å². The van der Waals surface area contributed by atoms with Crippen molar-refractivity contribution in [1.82, 2.24) is 0 Å². The summed E-state index contributed by atoms with van der Waals surface area (Å²) >= 11 is 17.9. The third-order valence-corrected chi connectivity index (χ3v) is 4.60. The van der Waals surface area contributed by atoms with Crippen LogP contribution in [0, 0.1) is 0 Å². The van der Waals surface area contributed by atoms with Gasteiger partial charge in [0.05, 0.1) is 21.7 Å². The van der Waals surface area contributed by atoms with Crippen LogP contribution in [0.4, 0.5) is 0 Å². The van der Waals surface area contributed by atoms with Gasteiger partial charge in [0, 0.05) is 5.92 Å². The average molecular weight is 432 g/mol. The summed E-state index contributed by atoms with van der Waals surface area (Å²) in [6, 6.07) is 10.4. The Labute approximate surface area is 169 Å². The van der Waals surface area contributed by atoms with E-state index >= 15 is 0 Å². The minimum absolute atomic E-state index is 0.00434. The lowest BCUT2D eigenvalue weighted by Gasteiger charge is -2.16. The van der Waals surface area contributed by atoms with Crippen LogP contribution in [0.3, 0.4) is 0 Å². The van der Waals surface area contributed by atoms with E-state index in [0.29, 0.717) is 0 Å². The quantitative estimate of drug-likeness (QED) is 0.322. The van der Waals surface area contributed by atoms with Crippen molar-refractivity contribution in [2.75, 3.05) is 6.61 Å². The van der Waals surface area contributed by atoms with Gasteiger partial charge in [0.2, 0.25) is 0 Å². The molecule has 0 spiro atoms. The van der Waals surface area contributed by atoms with E-state index < -0.39 is 29.2 Å². The molecule has 0 bridgehead atoms. The number of hydrogen-bond acceptors (Lipinski definition) is 5. The summed E-state index contributed by atoms with van der Waals surface area (Å²) < 4.78 is 9.91. The van der Waals surface area contributed by atoms with Crippen LogP contribution >= 0.6 is 34.8 Å². The van der Waals surface area contributed by atoms with Gasteiger partial charge >= 0.3 is 17.9 Å². The Kier molecular flexibility index (Phi) is 7.07. The van der Waals surface area contributed by atoms with Crippen LogP contribution in [-0.2, 0) is 14.3 Å². The molecule has 2 aromatic rings. The molecule has 0 fully saturated rings. The summed E-state index contributed by atoms with van der Waals surface area (Å²) in [6.07, 6.45) is 0.